The Morgan fingerprint density at radius 1 is 1.20 bits per heavy atom. The lowest BCUT2D eigenvalue weighted by atomic mass is 10.3. The van der Waals surface area contributed by atoms with Crippen LogP contribution in [0.25, 0.3) is 5.69 Å². The number of thioether (sulfide) groups is 1. The molecule has 1 atom stereocenters. The second-order valence-corrected chi connectivity index (χ2v) is 7.06. The Balaban J connectivity index is 1.86. The average Bonchev–Trinajstić information content (AvgIpc) is 3.20. The number of nitrogens with zero attached hydrogens (tertiary/aromatic N) is 6. The van der Waals surface area contributed by atoms with E-state index in [1.165, 1.54) is 0 Å². The summed E-state index contributed by atoms with van der Waals surface area (Å²) in [5.41, 5.74) is 3.15. The van der Waals surface area contributed by atoms with Crippen molar-refractivity contribution in [3.63, 3.8) is 0 Å². The van der Waals surface area contributed by atoms with Gasteiger partial charge in [0.1, 0.15) is 0 Å². The molecule has 0 bridgehead atoms. The minimum absolute atomic E-state index is 0.0534. The lowest BCUT2D eigenvalue weighted by Gasteiger charge is -2.13. The predicted octanol–water partition coefficient (Wildman–Crippen LogP) is 2.98. The van der Waals surface area contributed by atoms with E-state index in [1.807, 2.05) is 37.3 Å². The molecule has 0 saturated carbocycles. The van der Waals surface area contributed by atoms with Gasteiger partial charge >= 0.3 is 0 Å². The predicted molar refractivity (Wildman–Crippen MR) is 97.0 cm³/mol. The molecule has 0 spiro atoms. The molecule has 0 saturated heterocycles. The van der Waals surface area contributed by atoms with Crippen LogP contribution in [0.2, 0.25) is 0 Å². The molecule has 132 valence electrons. The number of ether oxygens (including phenoxy) is 1. The fourth-order valence-electron chi connectivity index (χ4n) is 2.57. The van der Waals surface area contributed by atoms with E-state index in [-0.39, 0.29) is 5.25 Å². The molecule has 0 aliphatic rings. The minimum atomic E-state index is 0.0534. The van der Waals surface area contributed by atoms with Crippen molar-refractivity contribution >= 4 is 11.8 Å². The summed E-state index contributed by atoms with van der Waals surface area (Å²) in [6.45, 7) is 7.64. The third kappa shape index (κ3) is 3.74. The summed E-state index contributed by atoms with van der Waals surface area (Å²) in [5, 5.41) is 13.2. The summed E-state index contributed by atoms with van der Waals surface area (Å²) in [6, 6.07) is 9.91. The highest BCUT2D eigenvalue weighted by atomic mass is 32.2. The van der Waals surface area contributed by atoms with Crippen LogP contribution in [0.3, 0.4) is 0 Å². The third-order valence-corrected chi connectivity index (χ3v) is 5.17. The summed E-state index contributed by atoms with van der Waals surface area (Å²) in [7, 11) is 1.71. The van der Waals surface area contributed by atoms with Crippen LogP contribution in [0.5, 0.6) is 0 Å². The maximum Gasteiger partial charge on any atom is 0.169 e. The second-order valence-electron chi connectivity index (χ2n) is 5.75. The Morgan fingerprint density at radius 2 is 1.96 bits per heavy atom. The van der Waals surface area contributed by atoms with E-state index in [0.29, 0.717) is 6.61 Å². The minimum Gasteiger partial charge on any atom is -0.383 e. The largest absolute Gasteiger partial charge is 0.383 e. The van der Waals surface area contributed by atoms with Crippen molar-refractivity contribution in [3.8, 4) is 5.69 Å². The highest BCUT2D eigenvalue weighted by molar-refractivity contribution is 7.99. The number of tetrazole rings is 1. The summed E-state index contributed by atoms with van der Waals surface area (Å²) in [4.78, 5) is 4.71. The molecule has 1 unspecified atom stereocenters. The van der Waals surface area contributed by atoms with Crippen LogP contribution in [-0.2, 0) is 11.3 Å². The van der Waals surface area contributed by atoms with Crippen LogP contribution >= 0.6 is 11.8 Å². The van der Waals surface area contributed by atoms with E-state index < -0.39 is 0 Å². The molecule has 25 heavy (non-hydrogen) atoms. The molecule has 3 rings (SSSR count). The smallest absolute Gasteiger partial charge is 0.169 e. The lowest BCUT2D eigenvalue weighted by Crippen LogP contribution is -2.09. The van der Waals surface area contributed by atoms with Crippen LogP contribution in [0.1, 0.15) is 29.4 Å². The number of methoxy groups -OCH3 is 1. The molecular formula is C17H22N6OS. The van der Waals surface area contributed by atoms with E-state index in [9.17, 15) is 0 Å². The summed E-state index contributed by atoms with van der Waals surface area (Å²) in [5.74, 6) is 0.799. The standard InChI is InChI=1S/C17H22N6OS/c1-12-13(2)22(10-11-24-4)17(18-12)25-14(3)16-19-20-21-23(16)15-8-6-5-7-9-15/h5-9,14H,10-11H2,1-4H3. The van der Waals surface area contributed by atoms with Gasteiger partial charge in [-0.1, -0.05) is 30.0 Å². The zero-order valence-corrected chi connectivity index (χ0v) is 15.7. The number of hydrogen-bond donors (Lipinski definition) is 0. The SMILES string of the molecule is COCCn1c(SC(C)c2nnnn2-c2ccccc2)nc(C)c1C. The molecule has 0 amide bonds. The topological polar surface area (TPSA) is 70.7 Å². The first-order valence-electron chi connectivity index (χ1n) is 8.14. The van der Waals surface area contributed by atoms with Gasteiger partial charge in [-0.3, -0.25) is 0 Å². The normalized spacial score (nSPS) is 12.5. The molecule has 0 radical (unpaired) electrons. The summed E-state index contributed by atoms with van der Waals surface area (Å²) in [6.07, 6.45) is 0. The number of hydrogen-bond acceptors (Lipinski definition) is 6. The highest BCUT2D eigenvalue weighted by Gasteiger charge is 2.21. The first kappa shape index (κ1) is 17.6. The molecule has 0 N–H and O–H groups in total. The van der Waals surface area contributed by atoms with Gasteiger partial charge in [0.15, 0.2) is 11.0 Å². The molecule has 0 aliphatic carbocycles. The number of imidazole rings is 1. The number of para-hydroxylation sites is 1. The fourth-order valence-corrected chi connectivity index (χ4v) is 3.68. The molecule has 1 aromatic carbocycles. The molecule has 2 heterocycles. The molecule has 8 heteroatoms. The lowest BCUT2D eigenvalue weighted by molar-refractivity contribution is 0.184. The Morgan fingerprint density at radius 3 is 2.68 bits per heavy atom. The number of benzene rings is 1. The second kappa shape index (κ2) is 7.79. The van der Waals surface area contributed by atoms with Crippen molar-refractivity contribution in [3.05, 3.63) is 47.5 Å². The average molecular weight is 358 g/mol. The number of aryl methyl sites for hydroxylation is 1. The van der Waals surface area contributed by atoms with Crippen molar-refractivity contribution < 1.29 is 4.74 Å². The monoisotopic (exact) mass is 358 g/mol. The summed E-state index contributed by atoms with van der Waals surface area (Å²) >= 11 is 1.66. The van der Waals surface area contributed by atoms with E-state index in [0.717, 1.165) is 34.6 Å². The number of aromatic nitrogens is 6. The third-order valence-electron chi connectivity index (χ3n) is 4.08. The molecule has 2 aromatic heterocycles. The van der Waals surface area contributed by atoms with Crippen LogP contribution in [0, 0.1) is 13.8 Å². The number of rotatable bonds is 7. The van der Waals surface area contributed by atoms with Crippen molar-refractivity contribution in [2.45, 2.75) is 37.7 Å². The molecular weight excluding hydrogens is 336 g/mol. The zero-order chi connectivity index (χ0) is 17.8. The van der Waals surface area contributed by atoms with Gasteiger partial charge < -0.3 is 9.30 Å². The van der Waals surface area contributed by atoms with Crippen molar-refractivity contribution in [2.75, 3.05) is 13.7 Å². The van der Waals surface area contributed by atoms with Gasteiger partial charge in [0.25, 0.3) is 0 Å². The zero-order valence-electron chi connectivity index (χ0n) is 14.9. The summed E-state index contributed by atoms with van der Waals surface area (Å²) < 4.78 is 9.19. The Hall–Kier alpha value is -2.19. The molecule has 0 fully saturated rings. The Labute approximate surface area is 151 Å². The Kier molecular flexibility index (Phi) is 5.50. The molecule has 0 aliphatic heterocycles. The van der Waals surface area contributed by atoms with Crippen molar-refractivity contribution in [1.29, 1.82) is 0 Å². The van der Waals surface area contributed by atoms with E-state index in [4.69, 9.17) is 9.72 Å². The van der Waals surface area contributed by atoms with Gasteiger partial charge in [-0.2, -0.15) is 4.68 Å². The van der Waals surface area contributed by atoms with Crippen molar-refractivity contribution in [2.24, 2.45) is 0 Å². The van der Waals surface area contributed by atoms with E-state index in [1.54, 1.807) is 23.6 Å². The fraction of sp³-hybridized carbons (Fsp3) is 0.412. The first-order valence-corrected chi connectivity index (χ1v) is 9.02. The van der Waals surface area contributed by atoms with Gasteiger partial charge in [0, 0.05) is 19.3 Å². The van der Waals surface area contributed by atoms with Crippen LogP contribution in [0.4, 0.5) is 0 Å². The quantitative estimate of drug-likeness (QED) is 0.605. The van der Waals surface area contributed by atoms with Crippen LogP contribution < -0.4 is 0 Å². The van der Waals surface area contributed by atoms with Crippen LogP contribution in [0.15, 0.2) is 35.5 Å². The first-order chi connectivity index (χ1) is 12.1. The van der Waals surface area contributed by atoms with Gasteiger partial charge in [0.2, 0.25) is 0 Å². The van der Waals surface area contributed by atoms with Gasteiger partial charge in [-0.15, -0.1) is 5.10 Å². The maximum atomic E-state index is 5.22. The van der Waals surface area contributed by atoms with E-state index in [2.05, 4.69) is 33.9 Å². The van der Waals surface area contributed by atoms with Gasteiger partial charge in [-0.25, -0.2) is 4.98 Å². The van der Waals surface area contributed by atoms with E-state index >= 15 is 0 Å². The van der Waals surface area contributed by atoms with Gasteiger partial charge in [-0.05, 0) is 43.3 Å². The van der Waals surface area contributed by atoms with Crippen LogP contribution in [-0.4, -0.2) is 43.5 Å². The van der Waals surface area contributed by atoms with Crippen molar-refractivity contribution in [1.82, 2.24) is 29.8 Å². The highest BCUT2D eigenvalue weighted by Crippen LogP contribution is 2.34. The molecule has 7 nitrogen and oxygen atoms in total. The van der Waals surface area contributed by atoms with Gasteiger partial charge in [0.05, 0.1) is 23.2 Å². The molecule has 3 aromatic rings. The maximum absolute atomic E-state index is 5.22. The Bertz CT molecular complexity index is 829.